The van der Waals surface area contributed by atoms with Crippen molar-refractivity contribution in [3.05, 3.63) is 90.0 Å². The van der Waals surface area contributed by atoms with Gasteiger partial charge in [0.2, 0.25) is 0 Å². The molecule has 0 amide bonds. The maximum absolute atomic E-state index is 12.7. The second-order valence-corrected chi connectivity index (χ2v) is 7.81. The minimum atomic E-state index is -0.526. The van der Waals surface area contributed by atoms with E-state index in [9.17, 15) is 9.59 Å². The van der Waals surface area contributed by atoms with E-state index in [4.69, 9.17) is 4.74 Å². The van der Waals surface area contributed by atoms with Crippen LogP contribution in [0.1, 0.15) is 15.9 Å². The molecule has 4 rings (SSSR count). The summed E-state index contributed by atoms with van der Waals surface area (Å²) < 4.78 is 7.07. The molecule has 6 heteroatoms. The van der Waals surface area contributed by atoms with Crippen LogP contribution in [0.3, 0.4) is 0 Å². The Morgan fingerprint density at radius 2 is 1.56 bits per heavy atom. The molecular formula is C21H13NO3S2. The number of rotatable bonds is 4. The van der Waals surface area contributed by atoms with Crippen LogP contribution in [0.2, 0.25) is 0 Å². The number of thioether (sulfide) groups is 1. The molecule has 0 aliphatic rings. The van der Waals surface area contributed by atoms with Crippen molar-refractivity contribution in [3.8, 4) is 5.75 Å². The maximum Gasteiger partial charge on any atom is 0.379 e. The van der Waals surface area contributed by atoms with E-state index in [1.54, 1.807) is 48.5 Å². The van der Waals surface area contributed by atoms with E-state index in [1.807, 2.05) is 30.3 Å². The number of ether oxygens (including phenoxy) is 1. The summed E-state index contributed by atoms with van der Waals surface area (Å²) in [6.45, 7) is 0. The Hall–Kier alpha value is -2.96. The Labute approximate surface area is 163 Å². The van der Waals surface area contributed by atoms with Gasteiger partial charge in [-0.15, -0.1) is 11.3 Å². The summed E-state index contributed by atoms with van der Waals surface area (Å²) in [7, 11) is 0. The Morgan fingerprint density at radius 3 is 2.37 bits per heavy atom. The minimum Gasteiger partial charge on any atom is -0.417 e. The molecule has 4 nitrogen and oxygen atoms in total. The van der Waals surface area contributed by atoms with E-state index in [-0.39, 0.29) is 11.5 Å². The highest BCUT2D eigenvalue weighted by atomic mass is 32.2. The predicted molar refractivity (Wildman–Crippen MR) is 108 cm³/mol. The Balaban J connectivity index is 1.54. The van der Waals surface area contributed by atoms with Crippen LogP contribution in [-0.4, -0.2) is 16.1 Å². The third-order valence-corrected chi connectivity index (χ3v) is 5.65. The van der Waals surface area contributed by atoms with Gasteiger partial charge < -0.3 is 4.74 Å². The second kappa shape index (κ2) is 7.73. The molecule has 0 radical (unpaired) electrons. The molecule has 1 aromatic heterocycles. The molecule has 132 valence electrons. The molecule has 0 unspecified atom stereocenters. The Bertz CT molecular complexity index is 1090. The third-order valence-electron chi connectivity index (χ3n) is 3.81. The van der Waals surface area contributed by atoms with Crippen LogP contribution in [0, 0.1) is 0 Å². The number of carbonyl (C=O) groups is 2. The average Bonchev–Trinajstić information content (AvgIpc) is 3.10. The van der Waals surface area contributed by atoms with Crippen molar-refractivity contribution in [3.63, 3.8) is 0 Å². The molecule has 0 atom stereocenters. The molecule has 0 aliphatic heterocycles. The summed E-state index contributed by atoms with van der Waals surface area (Å²) in [6.07, 6.45) is 0. The maximum atomic E-state index is 12.7. The lowest BCUT2D eigenvalue weighted by Crippen LogP contribution is -2.07. The van der Waals surface area contributed by atoms with E-state index in [2.05, 4.69) is 4.98 Å². The van der Waals surface area contributed by atoms with Crippen LogP contribution in [0.4, 0.5) is 4.79 Å². The zero-order valence-electron chi connectivity index (χ0n) is 14.0. The molecular weight excluding hydrogens is 378 g/mol. The topological polar surface area (TPSA) is 56.3 Å². The highest BCUT2D eigenvalue weighted by Crippen LogP contribution is 2.31. The molecule has 0 saturated heterocycles. The van der Waals surface area contributed by atoms with Gasteiger partial charge >= 0.3 is 5.30 Å². The van der Waals surface area contributed by atoms with Gasteiger partial charge in [-0.2, -0.15) is 0 Å². The number of fused-ring (bicyclic) bond motifs is 1. The van der Waals surface area contributed by atoms with Gasteiger partial charge in [-0.05, 0) is 24.3 Å². The van der Waals surface area contributed by atoms with Crippen molar-refractivity contribution in [2.45, 2.75) is 4.34 Å². The lowest BCUT2D eigenvalue weighted by Gasteiger charge is -2.08. The molecule has 3 aromatic carbocycles. The van der Waals surface area contributed by atoms with Gasteiger partial charge in [0.25, 0.3) is 0 Å². The minimum absolute atomic E-state index is 0.191. The van der Waals surface area contributed by atoms with Gasteiger partial charge in [0.15, 0.2) is 10.1 Å². The van der Waals surface area contributed by atoms with Crippen LogP contribution in [-0.2, 0) is 0 Å². The summed E-state index contributed by atoms with van der Waals surface area (Å²) >= 11 is 2.34. The molecule has 0 fully saturated rings. The van der Waals surface area contributed by atoms with Crippen molar-refractivity contribution in [1.29, 1.82) is 0 Å². The van der Waals surface area contributed by atoms with Crippen molar-refractivity contribution in [1.82, 2.24) is 4.98 Å². The number of ketones is 1. The molecule has 0 spiro atoms. The monoisotopic (exact) mass is 391 g/mol. The average molecular weight is 391 g/mol. The standard InChI is InChI=1S/C21H13NO3S2/c23-19(14-8-2-1-3-9-14)15-10-4-6-12-17(15)25-21(24)27-20-22-16-11-5-7-13-18(16)26-20/h1-13H. The number of hydrogen-bond acceptors (Lipinski definition) is 6. The summed E-state index contributed by atoms with van der Waals surface area (Å²) in [5, 5.41) is -0.526. The van der Waals surface area contributed by atoms with Crippen LogP contribution in [0.15, 0.2) is 83.2 Å². The molecule has 27 heavy (non-hydrogen) atoms. The molecule has 0 N–H and O–H groups in total. The predicted octanol–water partition coefficient (Wildman–Crippen LogP) is 5.82. The number of hydrogen-bond donors (Lipinski definition) is 0. The SMILES string of the molecule is O=C(Oc1ccccc1C(=O)c1ccccc1)Sc1nc2ccccc2s1. The van der Waals surface area contributed by atoms with E-state index >= 15 is 0 Å². The number of carbonyl (C=O) groups excluding carboxylic acids is 2. The molecule has 4 aromatic rings. The molecule has 0 bridgehead atoms. The second-order valence-electron chi connectivity index (χ2n) is 5.59. The van der Waals surface area contributed by atoms with Crippen LogP contribution in [0.25, 0.3) is 10.2 Å². The number of aromatic nitrogens is 1. The third kappa shape index (κ3) is 3.92. The van der Waals surface area contributed by atoms with Gasteiger partial charge in [0.1, 0.15) is 5.75 Å². The quantitative estimate of drug-likeness (QED) is 0.249. The lowest BCUT2D eigenvalue weighted by molar-refractivity contribution is 0.103. The van der Waals surface area contributed by atoms with Gasteiger partial charge in [-0.25, -0.2) is 9.78 Å². The fourth-order valence-electron chi connectivity index (χ4n) is 2.56. The first-order chi connectivity index (χ1) is 13.2. The van der Waals surface area contributed by atoms with Crippen molar-refractivity contribution in [2.24, 2.45) is 0 Å². The van der Waals surface area contributed by atoms with Crippen LogP contribution >= 0.6 is 23.1 Å². The van der Waals surface area contributed by atoms with E-state index in [0.29, 0.717) is 15.5 Å². The normalized spacial score (nSPS) is 10.7. The summed E-state index contributed by atoms with van der Waals surface area (Å²) in [5.74, 6) is 0.0500. The highest BCUT2D eigenvalue weighted by Gasteiger charge is 2.18. The van der Waals surface area contributed by atoms with Crippen molar-refractivity contribution < 1.29 is 14.3 Å². The summed E-state index contributed by atoms with van der Waals surface area (Å²) in [6, 6.07) is 23.3. The van der Waals surface area contributed by atoms with Crippen molar-refractivity contribution in [2.75, 3.05) is 0 Å². The zero-order valence-corrected chi connectivity index (χ0v) is 15.6. The zero-order chi connectivity index (χ0) is 18.6. The van der Waals surface area contributed by atoms with E-state index < -0.39 is 5.30 Å². The number of thiazole rings is 1. The first-order valence-electron chi connectivity index (χ1n) is 8.15. The number of nitrogens with zero attached hydrogens (tertiary/aromatic N) is 1. The fraction of sp³-hybridized carbons (Fsp3) is 0. The summed E-state index contributed by atoms with van der Waals surface area (Å²) in [5.41, 5.74) is 1.74. The van der Waals surface area contributed by atoms with Gasteiger partial charge in [0.05, 0.1) is 15.8 Å². The molecule has 1 heterocycles. The van der Waals surface area contributed by atoms with Crippen LogP contribution in [0.5, 0.6) is 5.75 Å². The number of benzene rings is 3. The highest BCUT2D eigenvalue weighted by molar-refractivity contribution is 8.14. The largest absolute Gasteiger partial charge is 0.417 e. The fourth-order valence-corrected chi connectivity index (χ4v) is 4.32. The molecule has 0 saturated carbocycles. The summed E-state index contributed by atoms with van der Waals surface area (Å²) in [4.78, 5) is 29.5. The van der Waals surface area contributed by atoms with Gasteiger partial charge in [0, 0.05) is 17.3 Å². The lowest BCUT2D eigenvalue weighted by atomic mass is 10.0. The van der Waals surface area contributed by atoms with Crippen molar-refractivity contribution >= 4 is 44.4 Å². The van der Waals surface area contributed by atoms with E-state index in [0.717, 1.165) is 22.0 Å². The first-order valence-corrected chi connectivity index (χ1v) is 9.78. The van der Waals surface area contributed by atoms with E-state index in [1.165, 1.54) is 11.3 Å². The number of para-hydroxylation sites is 2. The Kier molecular flexibility index (Phi) is 5.00. The van der Waals surface area contributed by atoms with Crippen LogP contribution < -0.4 is 4.74 Å². The van der Waals surface area contributed by atoms with Gasteiger partial charge in [-0.3, -0.25) is 4.79 Å². The first kappa shape index (κ1) is 17.5. The van der Waals surface area contributed by atoms with Gasteiger partial charge in [-0.1, -0.05) is 54.6 Å². The molecule has 0 aliphatic carbocycles. The smallest absolute Gasteiger partial charge is 0.379 e. The Morgan fingerprint density at radius 1 is 0.852 bits per heavy atom.